The number of carboxylic acid groups (broad SMARTS) is 1. The molecule has 1 saturated heterocycles. The molecule has 1 heterocycles. The number of rotatable bonds is 9. The summed E-state index contributed by atoms with van der Waals surface area (Å²) >= 11 is 2.75. The quantitative estimate of drug-likeness (QED) is 0.0953. The average Bonchev–Trinajstić information content (AvgIpc) is 2.74. The summed E-state index contributed by atoms with van der Waals surface area (Å²) in [7, 11) is 0. The number of β-lactam (4-membered cyclic amide) rings is 1. The van der Waals surface area contributed by atoms with E-state index < -0.39 is 74.2 Å². The fourth-order valence-corrected chi connectivity index (χ4v) is 4.01. The second-order valence-corrected chi connectivity index (χ2v) is 9.46. The lowest BCUT2D eigenvalue weighted by Gasteiger charge is -2.48. The number of phenolic OH excluding ortho intramolecular Hbond substituents is 2. The van der Waals surface area contributed by atoms with Crippen molar-refractivity contribution in [2.24, 2.45) is 5.10 Å². The minimum absolute atomic E-state index is 0.0687. The van der Waals surface area contributed by atoms with Crippen LogP contribution >= 0.6 is 11.6 Å². The Hall–Kier alpha value is -3.23. The Kier molecular flexibility index (Phi) is 8.23. The van der Waals surface area contributed by atoms with Gasteiger partial charge in [-0.05, 0) is 44.0 Å². The number of likely N-dealkylation sites (tertiary alicyclic amines) is 1. The molecule has 0 spiro atoms. The zero-order valence-corrected chi connectivity index (χ0v) is 19.7. The molecule has 5 N–H and O–H groups in total. The molecule has 34 heavy (non-hydrogen) atoms. The number of hydrogen-bond acceptors (Lipinski definition) is 9. The Morgan fingerprint density at radius 1 is 1.38 bits per heavy atom. The third-order valence-electron chi connectivity index (χ3n) is 5.22. The SMILES string of the molecule is C[C@H](NC(=O)c1ccc(O)c(O)c1Cl)C(=O)N/N=C/[C@@](C)([C@H](C(=O)O)N1C(=O)C[C@H]1C)S(=O)[O-]. The minimum atomic E-state index is -3.06. The van der Waals surface area contributed by atoms with Crippen LogP contribution < -0.4 is 10.7 Å². The van der Waals surface area contributed by atoms with Crippen molar-refractivity contribution >= 4 is 52.6 Å². The van der Waals surface area contributed by atoms with Gasteiger partial charge in [-0.2, -0.15) is 5.10 Å². The van der Waals surface area contributed by atoms with Crippen molar-refractivity contribution in [2.75, 3.05) is 0 Å². The van der Waals surface area contributed by atoms with Crippen molar-refractivity contribution < 1.29 is 43.3 Å². The van der Waals surface area contributed by atoms with Crippen LogP contribution in [0.2, 0.25) is 5.02 Å². The van der Waals surface area contributed by atoms with E-state index >= 15 is 0 Å². The third kappa shape index (κ3) is 5.29. The predicted octanol–water partition coefficient (Wildman–Crippen LogP) is -0.317. The first-order valence-electron chi connectivity index (χ1n) is 9.71. The van der Waals surface area contributed by atoms with E-state index in [0.29, 0.717) is 6.21 Å². The summed E-state index contributed by atoms with van der Waals surface area (Å²) in [4.78, 5) is 49.2. The lowest BCUT2D eigenvalue weighted by atomic mass is 9.92. The van der Waals surface area contributed by atoms with Gasteiger partial charge in [0.1, 0.15) is 6.04 Å². The van der Waals surface area contributed by atoms with Gasteiger partial charge in [-0.3, -0.25) is 18.6 Å². The number of carbonyl (C=O) groups excluding carboxylic acids is 3. The van der Waals surface area contributed by atoms with Crippen LogP contribution in [0.15, 0.2) is 17.2 Å². The normalized spacial score (nSPS) is 20.1. The van der Waals surface area contributed by atoms with Gasteiger partial charge in [0.05, 0.1) is 15.3 Å². The number of aliphatic carboxylic acids is 1. The molecule has 2 rings (SSSR count). The van der Waals surface area contributed by atoms with Crippen LogP contribution in [0.25, 0.3) is 0 Å². The lowest BCUT2D eigenvalue weighted by Crippen LogP contribution is -2.67. The lowest BCUT2D eigenvalue weighted by molar-refractivity contribution is -0.161. The first kappa shape index (κ1) is 27.0. The van der Waals surface area contributed by atoms with E-state index in [2.05, 4.69) is 10.4 Å². The van der Waals surface area contributed by atoms with Crippen LogP contribution in [-0.4, -0.2) is 81.8 Å². The second kappa shape index (κ2) is 10.4. The van der Waals surface area contributed by atoms with Crippen LogP contribution in [0.5, 0.6) is 11.5 Å². The summed E-state index contributed by atoms with van der Waals surface area (Å²) in [5.41, 5.74) is 1.77. The van der Waals surface area contributed by atoms with Gasteiger partial charge in [-0.15, -0.1) is 0 Å². The Bertz CT molecular complexity index is 1080. The molecule has 3 amide bonds. The van der Waals surface area contributed by atoms with Gasteiger partial charge in [-0.1, -0.05) is 11.6 Å². The number of hydrazone groups is 1. The van der Waals surface area contributed by atoms with Crippen molar-refractivity contribution in [1.82, 2.24) is 15.6 Å². The maximum absolute atomic E-state index is 12.3. The van der Waals surface area contributed by atoms with E-state index in [1.807, 2.05) is 5.43 Å². The first-order valence-corrected chi connectivity index (χ1v) is 11.2. The van der Waals surface area contributed by atoms with E-state index in [1.165, 1.54) is 6.92 Å². The van der Waals surface area contributed by atoms with Gasteiger partial charge < -0.3 is 30.1 Å². The molecule has 0 aliphatic carbocycles. The maximum Gasteiger partial charge on any atom is 0.328 e. The maximum atomic E-state index is 12.3. The van der Waals surface area contributed by atoms with E-state index in [9.17, 15) is 43.3 Å². The third-order valence-corrected chi connectivity index (χ3v) is 6.65. The van der Waals surface area contributed by atoms with Gasteiger partial charge in [0.2, 0.25) is 5.91 Å². The average molecular weight is 518 g/mol. The first-order chi connectivity index (χ1) is 15.7. The van der Waals surface area contributed by atoms with Crippen LogP contribution in [0.4, 0.5) is 0 Å². The molecule has 1 fully saturated rings. The summed E-state index contributed by atoms with van der Waals surface area (Å²) in [6.07, 6.45) is 0.758. The number of carboxylic acids is 1. The molecule has 5 atom stereocenters. The molecular formula is C19H22ClN4O9S-. The van der Waals surface area contributed by atoms with E-state index in [-0.39, 0.29) is 12.0 Å². The van der Waals surface area contributed by atoms with Crippen LogP contribution in [0.1, 0.15) is 37.6 Å². The second-order valence-electron chi connectivity index (χ2n) is 7.74. The summed E-state index contributed by atoms with van der Waals surface area (Å²) < 4.78 is 21.6. The number of carbonyl (C=O) groups is 4. The molecule has 0 radical (unpaired) electrons. The van der Waals surface area contributed by atoms with E-state index in [4.69, 9.17) is 11.6 Å². The van der Waals surface area contributed by atoms with Crippen molar-refractivity contribution in [3.63, 3.8) is 0 Å². The molecule has 15 heteroatoms. The molecule has 0 bridgehead atoms. The topological polar surface area (TPSA) is 209 Å². The van der Waals surface area contributed by atoms with Gasteiger partial charge >= 0.3 is 5.97 Å². The zero-order valence-electron chi connectivity index (χ0n) is 18.1. The number of phenols is 2. The standard InChI is InChI=1S/C19H23ClN4O9S/c1-8-6-12(26)24(8)15(18(30)31)19(3,34(32)33)7-21-23-16(28)9(2)22-17(29)10-4-5-11(25)14(27)13(10)20/h4-5,7-9,15,25,27H,6H2,1-3H3,(H,22,29)(H,23,28)(H,30,31)(H,32,33)/p-1/b21-7+/t8-,9+,15+,19+/m1/s1. The van der Waals surface area contributed by atoms with Crippen LogP contribution in [-0.2, 0) is 25.5 Å². The molecule has 1 aliphatic rings. The Balaban J connectivity index is 2.13. The molecule has 1 aliphatic heterocycles. The van der Waals surface area contributed by atoms with Crippen molar-refractivity contribution in [3.8, 4) is 11.5 Å². The summed E-state index contributed by atoms with van der Waals surface area (Å²) in [5.74, 6) is -5.14. The fourth-order valence-electron chi connectivity index (χ4n) is 3.22. The molecule has 13 nitrogen and oxygen atoms in total. The highest BCUT2D eigenvalue weighted by molar-refractivity contribution is 7.81. The van der Waals surface area contributed by atoms with E-state index in [0.717, 1.165) is 24.0 Å². The number of halogens is 1. The van der Waals surface area contributed by atoms with Crippen LogP contribution in [0.3, 0.4) is 0 Å². The summed E-state index contributed by atoms with van der Waals surface area (Å²) in [6.45, 7) is 3.87. The van der Waals surface area contributed by atoms with Crippen molar-refractivity contribution in [1.29, 1.82) is 0 Å². The predicted molar refractivity (Wildman–Crippen MR) is 118 cm³/mol. The van der Waals surface area contributed by atoms with Crippen molar-refractivity contribution in [3.05, 3.63) is 22.7 Å². The monoisotopic (exact) mass is 517 g/mol. The largest absolute Gasteiger partial charge is 0.772 e. The highest BCUT2D eigenvalue weighted by Gasteiger charge is 2.51. The van der Waals surface area contributed by atoms with Crippen molar-refractivity contribution in [2.45, 2.75) is 50.1 Å². The zero-order chi connectivity index (χ0) is 26.0. The Morgan fingerprint density at radius 3 is 2.50 bits per heavy atom. The molecule has 1 aromatic rings. The molecular weight excluding hydrogens is 496 g/mol. The number of nitrogens with zero attached hydrogens (tertiary/aromatic N) is 2. The smallest absolute Gasteiger partial charge is 0.328 e. The minimum Gasteiger partial charge on any atom is -0.772 e. The molecule has 1 unspecified atom stereocenters. The molecule has 0 saturated carbocycles. The highest BCUT2D eigenvalue weighted by Crippen LogP contribution is 2.35. The van der Waals surface area contributed by atoms with Gasteiger partial charge in [0.15, 0.2) is 17.5 Å². The summed E-state index contributed by atoms with van der Waals surface area (Å²) in [6, 6.07) is -1.37. The number of amides is 3. The fraction of sp³-hybridized carbons (Fsp3) is 0.421. The molecule has 0 aromatic heterocycles. The Morgan fingerprint density at radius 2 is 2.00 bits per heavy atom. The van der Waals surface area contributed by atoms with E-state index in [1.54, 1.807) is 6.92 Å². The number of nitrogens with one attached hydrogen (secondary N) is 2. The highest BCUT2D eigenvalue weighted by atomic mass is 35.5. The molecule has 1 aromatic carbocycles. The van der Waals surface area contributed by atoms with Crippen LogP contribution in [0, 0.1) is 0 Å². The number of aromatic hydroxyl groups is 2. The Labute approximate surface area is 201 Å². The van der Waals surface area contributed by atoms with Gasteiger partial charge in [-0.25, -0.2) is 10.2 Å². The number of hydrogen-bond donors (Lipinski definition) is 5. The summed E-state index contributed by atoms with van der Waals surface area (Å²) in [5, 5.41) is 34.0. The van der Waals surface area contributed by atoms with Gasteiger partial charge in [0, 0.05) is 18.7 Å². The van der Waals surface area contributed by atoms with Gasteiger partial charge in [0.25, 0.3) is 11.8 Å². The molecule has 186 valence electrons. The number of benzene rings is 1.